The van der Waals surface area contributed by atoms with Crippen molar-refractivity contribution in [2.75, 3.05) is 18.1 Å². The molecule has 0 fully saturated rings. The third-order valence-corrected chi connectivity index (χ3v) is 3.27. The van der Waals surface area contributed by atoms with E-state index in [1.807, 2.05) is 18.7 Å². The molecule has 0 aliphatic heterocycles. The van der Waals surface area contributed by atoms with Crippen LogP contribution in [0.4, 0.5) is 0 Å². The molecule has 0 spiro atoms. The van der Waals surface area contributed by atoms with Gasteiger partial charge < -0.3 is 10.8 Å². The molecule has 0 aromatic heterocycles. The van der Waals surface area contributed by atoms with Gasteiger partial charge in [-0.25, -0.2) is 0 Å². The Kier molecular flexibility index (Phi) is 7.81. The van der Waals surface area contributed by atoms with Crippen LogP contribution in [0.5, 0.6) is 0 Å². The fourth-order valence-corrected chi connectivity index (χ4v) is 1.96. The molecule has 0 aliphatic rings. The fraction of sp³-hybridized carbons (Fsp3) is 1.00. The Hall–Kier alpha value is 0.270. The highest BCUT2D eigenvalue weighted by Crippen LogP contribution is 2.12. The van der Waals surface area contributed by atoms with Crippen molar-refractivity contribution in [3.8, 4) is 0 Å². The van der Waals surface area contributed by atoms with Crippen molar-refractivity contribution in [3.63, 3.8) is 0 Å². The highest BCUT2D eigenvalue weighted by Gasteiger charge is 2.15. The van der Waals surface area contributed by atoms with E-state index in [9.17, 15) is 0 Å². The van der Waals surface area contributed by atoms with Gasteiger partial charge in [0.2, 0.25) is 0 Å². The van der Waals surface area contributed by atoms with Crippen molar-refractivity contribution >= 4 is 11.8 Å². The number of thioether (sulfide) groups is 1. The standard InChI is InChI=1S/C10H23NOS/c1-3-7-13-8-5-4-6-10(2,11)9-12/h12H,3-9,11H2,1-2H3. The third-order valence-electron chi connectivity index (χ3n) is 2.00. The molecule has 0 radical (unpaired) electrons. The lowest BCUT2D eigenvalue weighted by atomic mass is 9.98. The van der Waals surface area contributed by atoms with Crippen molar-refractivity contribution in [1.29, 1.82) is 0 Å². The molecule has 0 aromatic rings. The summed E-state index contributed by atoms with van der Waals surface area (Å²) in [4.78, 5) is 0. The van der Waals surface area contributed by atoms with Crippen molar-refractivity contribution in [2.45, 2.75) is 45.1 Å². The smallest absolute Gasteiger partial charge is 0.0608 e. The molecule has 0 amide bonds. The summed E-state index contributed by atoms with van der Waals surface area (Å²) in [6, 6.07) is 0. The minimum absolute atomic E-state index is 0.0924. The van der Waals surface area contributed by atoms with Gasteiger partial charge in [0.05, 0.1) is 6.61 Å². The normalized spacial score (nSPS) is 15.7. The van der Waals surface area contributed by atoms with E-state index in [2.05, 4.69) is 6.92 Å². The Labute approximate surface area is 86.3 Å². The maximum absolute atomic E-state index is 8.90. The summed E-state index contributed by atoms with van der Waals surface area (Å²) in [5.41, 5.74) is 5.43. The molecule has 0 saturated heterocycles. The molecule has 3 heteroatoms. The minimum Gasteiger partial charge on any atom is -0.394 e. The highest BCUT2D eigenvalue weighted by atomic mass is 32.2. The van der Waals surface area contributed by atoms with Gasteiger partial charge in [0, 0.05) is 5.54 Å². The van der Waals surface area contributed by atoms with E-state index in [4.69, 9.17) is 10.8 Å². The van der Waals surface area contributed by atoms with Crippen LogP contribution < -0.4 is 5.73 Å². The molecular formula is C10H23NOS. The van der Waals surface area contributed by atoms with E-state index >= 15 is 0 Å². The number of hydrogen-bond donors (Lipinski definition) is 2. The fourth-order valence-electron chi connectivity index (χ4n) is 1.06. The van der Waals surface area contributed by atoms with E-state index in [0.29, 0.717) is 0 Å². The van der Waals surface area contributed by atoms with Gasteiger partial charge in [0.25, 0.3) is 0 Å². The van der Waals surface area contributed by atoms with Gasteiger partial charge in [-0.2, -0.15) is 11.8 Å². The highest BCUT2D eigenvalue weighted by molar-refractivity contribution is 7.99. The lowest BCUT2D eigenvalue weighted by Crippen LogP contribution is -2.39. The third kappa shape index (κ3) is 8.60. The summed E-state index contributed by atoms with van der Waals surface area (Å²) in [7, 11) is 0. The summed E-state index contributed by atoms with van der Waals surface area (Å²) < 4.78 is 0. The zero-order valence-electron chi connectivity index (χ0n) is 8.88. The van der Waals surface area contributed by atoms with Gasteiger partial charge in [0.15, 0.2) is 0 Å². The SMILES string of the molecule is CCCSCCCCC(C)(N)CO. The zero-order chi connectivity index (χ0) is 10.2. The molecule has 0 bridgehead atoms. The monoisotopic (exact) mass is 205 g/mol. The molecule has 2 nitrogen and oxygen atoms in total. The number of nitrogens with two attached hydrogens (primary N) is 1. The van der Waals surface area contributed by atoms with Gasteiger partial charge in [-0.1, -0.05) is 13.3 Å². The number of hydrogen-bond acceptors (Lipinski definition) is 3. The Morgan fingerprint density at radius 3 is 2.54 bits per heavy atom. The first-order valence-corrected chi connectivity index (χ1v) is 6.25. The van der Waals surface area contributed by atoms with Crippen LogP contribution in [-0.2, 0) is 0 Å². The predicted octanol–water partition coefficient (Wildman–Crippen LogP) is 2.01. The van der Waals surface area contributed by atoms with Crippen molar-refractivity contribution in [2.24, 2.45) is 5.73 Å². The second kappa shape index (κ2) is 7.65. The average molecular weight is 205 g/mol. The van der Waals surface area contributed by atoms with Crippen LogP contribution in [0.15, 0.2) is 0 Å². The second-order valence-corrected chi connectivity index (χ2v) is 5.11. The topological polar surface area (TPSA) is 46.2 Å². The molecule has 0 saturated carbocycles. The van der Waals surface area contributed by atoms with Crippen LogP contribution in [0, 0.1) is 0 Å². The van der Waals surface area contributed by atoms with Gasteiger partial charge in [0.1, 0.15) is 0 Å². The van der Waals surface area contributed by atoms with Gasteiger partial charge in [-0.15, -0.1) is 0 Å². The van der Waals surface area contributed by atoms with Gasteiger partial charge >= 0.3 is 0 Å². The molecule has 0 aliphatic carbocycles. The Morgan fingerprint density at radius 1 is 1.31 bits per heavy atom. The minimum atomic E-state index is -0.366. The summed E-state index contributed by atoms with van der Waals surface area (Å²) in [6.45, 7) is 4.21. The zero-order valence-corrected chi connectivity index (χ0v) is 9.70. The van der Waals surface area contributed by atoms with Gasteiger partial charge in [-0.3, -0.25) is 0 Å². The number of unbranched alkanes of at least 4 members (excludes halogenated alkanes) is 1. The first-order valence-electron chi connectivity index (χ1n) is 5.10. The molecule has 80 valence electrons. The summed E-state index contributed by atoms with van der Waals surface area (Å²) in [5, 5.41) is 8.90. The van der Waals surface area contributed by atoms with Crippen LogP contribution in [0.3, 0.4) is 0 Å². The van der Waals surface area contributed by atoms with Gasteiger partial charge in [-0.05, 0) is 37.7 Å². The molecule has 0 rings (SSSR count). The number of aliphatic hydroxyl groups excluding tert-OH is 1. The lowest BCUT2D eigenvalue weighted by molar-refractivity contribution is 0.198. The molecule has 1 atom stereocenters. The Bertz CT molecular complexity index is 117. The van der Waals surface area contributed by atoms with Crippen molar-refractivity contribution in [1.82, 2.24) is 0 Å². The number of aliphatic hydroxyl groups is 1. The second-order valence-electron chi connectivity index (χ2n) is 3.88. The van der Waals surface area contributed by atoms with E-state index < -0.39 is 0 Å². The maximum Gasteiger partial charge on any atom is 0.0608 e. The maximum atomic E-state index is 8.90. The molecule has 13 heavy (non-hydrogen) atoms. The van der Waals surface area contributed by atoms with E-state index in [-0.39, 0.29) is 12.1 Å². The van der Waals surface area contributed by atoms with Crippen molar-refractivity contribution < 1.29 is 5.11 Å². The van der Waals surface area contributed by atoms with Crippen LogP contribution in [0.2, 0.25) is 0 Å². The van der Waals surface area contributed by atoms with Crippen LogP contribution in [0.1, 0.15) is 39.5 Å². The number of rotatable bonds is 8. The van der Waals surface area contributed by atoms with E-state index in [0.717, 1.165) is 12.8 Å². The van der Waals surface area contributed by atoms with E-state index in [1.165, 1.54) is 24.3 Å². The van der Waals surface area contributed by atoms with Crippen LogP contribution >= 0.6 is 11.8 Å². The van der Waals surface area contributed by atoms with Crippen LogP contribution in [0.25, 0.3) is 0 Å². The summed E-state index contributed by atoms with van der Waals surface area (Å²) in [5.74, 6) is 2.50. The molecule has 0 heterocycles. The summed E-state index contributed by atoms with van der Waals surface area (Å²) >= 11 is 2.01. The first kappa shape index (κ1) is 13.3. The van der Waals surface area contributed by atoms with Crippen LogP contribution in [-0.4, -0.2) is 28.8 Å². The lowest BCUT2D eigenvalue weighted by Gasteiger charge is -2.21. The van der Waals surface area contributed by atoms with E-state index in [1.54, 1.807) is 0 Å². The Morgan fingerprint density at radius 2 is 2.00 bits per heavy atom. The predicted molar refractivity (Wildman–Crippen MR) is 61.1 cm³/mol. The largest absolute Gasteiger partial charge is 0.394 e. The average Bonchev–Trinajstić information content (AvgIpc) is 2.11. The van der Waals surface area contributed by atoms with Crippen molar-refractivity contribution in [3.05, 3.63) is 0 Å². The quantitative estimate of drug-likeness (QED) is 0.596. The molecule has 3 N–H and O–H groups in total. The summed E-state index contributed by atoms with van der Waals surface area (Å²) in [6.07, 6.45) is 4.54. The molecule has 0 aromatic carbocycles. The first-order chi connectivity index (χ1) is 6.12. The molecular weight excluding hydrogens is 182 g/mol. The molecule has 1 unspecified atom stereocenters. The Balaban J connectivity index is 3.16.